The Hall–Kier alpha value is -1.69. The summed E-state index contributed by atoms with van der Waals surface area (Å²) in [6, 6.07) is 1.09. The van der Waals surface area contributed by atoms with E-state index in [4.69, 9.17) is 5.73 Å². The maximum atomic E-state index is 11.3. The van der Waals surface area contributed by atoms with E-state index in [-0.39, 0.29) is 0 Å². The summed E-state index contributed by atoms with van der Waals surface area (Å²) >= 11 is 0. The van der Waals surface area contributed by atoms with Gasteiger partial charge in [0.15, 0.2) is 0 Å². The van der Waals surface area contributed by atoms with E-state index in [0.29, 0.717) is 11.9 Å². The summed E-state index contributed by atoms with van der Waals surface area (Å²) < 4.78 is 0. The summed E-state index contributed by atoms with van der Waals surface area (Å²) in [5, 5.41) is 12.3. The summed E-state index contributed by atoms with van der Waals surface area (Å²) in [6.07, 6.45) is 2.62. The molecule has 1 saturated carbocycles. The first-order valence-corrected chi connectivity index (χ1v) is 6.57. The Kier molecular flexibility index (Phi) is 3.99. The van der Waals surface area contributed by atoms with Crippen LogP contribution in [0.15, 0.2) is 6.07 Å². The van der Waals surface area contributed by atoms with Crippen LogP contribution in [-0.2, 0) is 4.79 Å². The van der Waals surface area contributed by atoms with Gasteiger partial charge in [-0.25, -0.2) is 9.97 Å². The predicted octanol–water partition coefficient (Wildman–Crippen LogP) is 0.699. The van der Waals surface area contributed by atoms with Crippen molar-refractivity contribution in [2.75, 3.05) is 5.32 Å². The lowest BCUT2D eigenvalue weighted by Crippen LogP contribution is -2.43. The number of hydrogen-bond donors (Lipinski definition) is 3. The van der Waals surface area contributed by atoms with Gasteiger partial charge in [-0.1, -0.05) is 6.42 Å². The molecule has 6 heteroatoms. The second-order valence-electron chi connectivity index (χ2n) is 5.15. The molecule has 0 radical (unpaired) electrons. The number of rotatable bonds is 5. The molecule has 1 aliphatic rings. The quantitative estimate of drug-likeness (QED) is 0.726. The molecule has 19 heavy (non-hydrogen) atoms. The van der Waals surface area contributed by atoms with Crippen molar-refractivity contribution < 1.29 is 9.90 Å². The van der Waals surface area contributed by atoms with E-state index in [1.54, 1.807) is 0 Å². The van der Waals surface area contributed by atoms with Crippen LogP contribution in [0.2, 0.25) is 0 Å². The third kappa shape index (κ3) is 3.20. The van der Waals surface area contributed by atoms with E-state index in [1.165, 1.54) is 13.3 Å². The number of carbonyl (C=O) groups is 1. The van der Waals surface area contributed by atoms with Crippen molar-refractivity contribution in [1.82, 2.24) is 9.97 Å². The fourth-order valence-corrected chi connectivity index (χ4v) is 2.14. The largest absolute Gasteiger partial charge is 0.391 e. The first-order chi connectivity index (χ1) is 8.97. The van der Waals surface area contributed by atoms with E-state index in [2.05, 4.69) is 15.3 Å². The molecule has 0 bridgehead atoms. The van der Waals surface area contributed by atoms with Crippen LogP contribution in [0.25, 0.3) is 0 Å². The highest BCUT2D eigenvalue weighted by atomic mass is 16.3. The Bertz CT molecular complexity index is 472. The van der Waals surface area contributed by atoms with Gasteiger partial charge in [0.2, 0.25) is 11.9 Å². The number of nitrogens with one attached hydrogen (secondary N) is 1. The molecule has 1 amide bonds. The maximum absolute atomic E-state index is 11.3. The van der Waals surface area contributed by atoms with E-state index < -0.39 is 18.1 Å². The number of carbonyl (C=O) groups excluding carboxylic acids is 1. The fourth-order valence-electron chi connectivity index (χ4n) is 2.14. The van der Waals surface area contributed by atoms with Gasteiger partial charge in [-0.2, -0.15) is 0 Å². The molecule has 2 rings (SSSR count). The minimum absolute atomic E-state index is 0.353. The third-order valence-electron chi connectivity index (χ3n) is 3.47. The van der Waals surface area contributed by atoms with Crippen molar-refractivity contribution in [3.8, 4) is 0 Å². The van der Waals surface area contributed by atoms with Crippen molar-refractivity contribution in [2.24, 2.45) is 5.73 Å². The molecule has 1 aromatic heterocycles. The molecule has 6 nitrogen and oxygen atoms in total. The zero-order valence-electron chi connectivity index (χ0n) is 11.3. The molecule has 1 heterocycles. The van der Waals surface area contributed by atoms with Crippen LogP contribution >= 0.6 is 0 Å². The van der Waals surface area contributed by atoms with E-state index >= 15 is 0 Å². The number of aryl methyl sites for hydroxylation is 1. The molecule has 4 N–H and O–H groups in total. The topological polar surface area (TPSA) is 101 Å². The minimum atomic E-state index is -0.895. The van der Waals surface area contributed by atoms with Crippen molar-refractivity contribution in [1.29, 1.82) is 0 Å². The van der Waals surface area contributed by atoms with Crippen LogP contribution in [-0.4, -0.2) is 33.1 Å². The normalized spacial score (nSPS) is 18.5. The number of anilines is 1. The van der Waals surface area contributed by atoms with Crippen LogP contribution in [0.3, 0.4) is 0 Å². The average Bonchev–Trinajstić information content (AvgIpc) is 2.21. The van der Waals surface area contributed by atoms with E-state index in [9.17, 15) is 9.90 Å². The van der Waals surface area contributed by atoms with Gasteiger partial charge in [0.1, 0.15) is 6.04 Å². The van der Waals surface area contributed by atoms with Crippen LogP contribution in [0.4, 0.5) is 5.95 Å². The molecule has 0 saturated heterocycles. The van der Waals surface area contributed by atoms with E-state index in [0.717, 1.165) is 24.2 Å². The predicted molar refractivity (Wildman–Crippen MR) is 71.6 cm³/mol. The lowest BCUT2D eigenvalue weighted by molar-refractivity contribution is -0.120. The summed E-state index contributed by atoms with van der Waals surface area (Å²) in [6.45, 7) is 3.39. The monoisotopic (exact) mass is 264 g/mol. The molecule has 0 spiro atoms. The van der Waals surface area contributed by atoms with Gasteiger partial charge in [0, 0.05) is 17.3 Å². The number of nitrogens with two attached hydrogens (primary N) is 1. The summed E-state index contributed by atoms with van der Waals surface area (Å²) in [5.41, 5.74) is 7.08. The Labute approximate surface area is 112 Å². The molecule has 2 atom stereocenters. The molecule has 1 aliphatic carbocycles. The van der Waals surface area contributed by atoms with Crippen molar-refractivity contribution in [3.05, 3.63) is 17.5 Å². The number of aliphatic hydroxyl groups excluding tert-OH is 1. The van der Waals surface area contributed by atoms with Gasteiger partial charge in [-0.3, -0.25) is 4.79 Å². The van der Waals surface area contributed by atoms with E-state index in [1.807, 2.05) is 13.0 Å². The second-order valence-corrected chi connectivity index (χ2v) is 5.15. The van der Waals surface area contributed by atoms with Crippen LogP contribution in [0.5, 0.6) is 0 Å². The number of nitrogens with zero attached hydrogens (tertiary/aromatic N) is 2. The van der Waals surface area contributed by atoms with Crippen molar-refractivity contribution >= 4 is 11.9 Å². The Balaban J connectivity index is 2.19. The second kappa shape index (κ2) is 5.52. The number of aromatic nitrogens is 2. The van der Waals surface area contributed by atoms with Gasteiger partial charge in [0.05, 0.1) is 6.10 Å². The Morgan fingerprint density at radius 2 is 2.21 bits per heavy atom. The standard InChI is InChI=1S/C13H20N4O2/c1-7-6-10(9-4-3-5-9)16-13(15-7)17-11(8(2)18)12(14)19/h6,8-9,11,18H,3-5H2,1-2H3,(H2,14,19)(H,15,16,17)/t8-,11+/m1/s1. The van der Waals surface area contributed by atoms with Gasteiger partial charge in [-0.05, 0) is 32.8 Å². The van der Waals surface area contributed by atoms with Crippen molar-refractivity contribution in [2.45, 2.75) is 51.2 Å². The van der Waals surface area contributed by atoms with Crippen molar-refractivity contribution in [3.63, 3.8) is 0 Å². The molecule has 0 aromatic carbocycles. The highest BCUT2D eigenvalue weighted by Crippen LogP contribution is 2.35. The minimum Gasteiger partial charge on any atom is -0.391 e. The third-order valence-corrected chi connectivity index (χ3v) is 3.47. The smallest absolute Gasteiger partial charge is 0.242 e. The molecular formula is C13H20N4O2. The zero-order chi connectivity index (χ0) is 14.0. The number of aliphatic hydroxyl groups is 1. The first-order valence-electron chi connectivity index (χ1n) is 6.57. The lowest BCUT2D eigenvalue weighted by atomic mass is 9.83. The van der Waals surface area contributed by atoms with Gasteiger partial charge in [0.25, 0.3) is 0 Å². The average molecular weight is 264 g/mol. The SMILES string of the molecule is Cc1cc(C2CCC2)nc(N[C@H](C(N)=O)[C@@H](C)O)n1. The van der Waals surface area contributed by atoms with Crippen LogP contribution in [0.1, 0.15) is 43.5 Å². The Morgan fingerprint density at radius 1 is 1.53 bits per heavy atom. The van der Waals surface area contributed by atoms with Gasteiger partial charge < -0.3 is 16.2 Å². The summed E-state index contributed by atoms with van der Waals surface area (Å²) in [7, 11) is 0. The van der Waals surface area contributed by atoms with Gasteiger partial charge in [-0.15, -0.1) is 0 Å². The summed E-state index contributed by atoms with van der Waals surface area (Å²) in [4.78, 5) is 19.9. The molecular weight excluding hydrogens is 244 g/mol. The number of amides is 1. The van der Waals surface area contributed by atoms with Gasteiger partial charge >= 0.3 is 0 Å². The first kappa shape index (κ1) is 13.7. The summed E-state index contributed by atoms with van der Waals surface area (Å²) in [5.74, 6) is 0.220. The molecule has 1 aromatic rings. The number of primary amides is 1. The molecule has 0 unspecified atom stereocenters. The van der Waals surface area contributed by atoms with Crippen LogP contribution in [0, 0.1) is 6.92 Å². The molecule has 104 valence electrons. The zero-order valence-corrected chi connectivity index (χ0v) is 11.3. The lowest BCUT2D eigenvalue weighted by Gasteiger charge is -2.26. The highest BCUT2D eigenvalue weighted by Gasteiger charge is 2.24. The van der Waals surface area contributed by atoms with Crippen LogP contribution < -0.4 is 11.1 Å². The maximum Gasteiger partial charge on any atom is 0.242 e. The fraction of sp³-hybridized carbons (Fsp3) is 0.615. The Morgan fingerprint density at radius 3 is 2.68 bits per heavy atom. The molecule has 1 fully saturated rings. The molecule has 0 aliphatic heterocycles. The highest BCUT2D eigenvalue weighted by molar-refractivity contribution is 5.83. The number of hydrogen-bond acceptors (Lipinski definition) is 5.